The van der Waals surface area contributed by atoms with Gasteiger partial charge in [-0.25, -0.2) is 0 Å². The summed E-state index contributed by atoms with van der Waals surface area (Å²) in [7, 11) is 0. The van der Waals surface area contributed by atoms with E-state index in [1.807, 2.05) is 0 Å². The zero-order valence-corrected chi connectivity index (χ0v) is 11.1. The van der Waals surface area contributed by atoms with E-state index in [1.165, 1.54) is 18.4 Å². The Morgan fingerprint density at radius 1 is 1.35 bits per heavy atom. The molecular formula is C15H22O2. The molecule has 0 N–H and O–H groups in total. The van der Waals surface area contributed by atoms with Crippen molar-refractivity contribution in [1.29, 1.82) is 0 Å². The van der Waals surface area contributed by atoms with Gasteiger partial charge in [0.1, 0.15) is 0 Å². The highest BCUT2D eigenvalue weighted by Crippen LogP contribution is 2.63. The molecule has 0 aromatic rings. The van der Waals surface area contributed by atoms with Crippen LogP contribution in [0.1, 0.15) is 46.5 Å². The van der Waals surface area contributed by atoms with Crippen LogP contribution in [-0.4, -0.2) is 12.6 Å². The zero-order valence-electron chi connectivity index (χ0n) is 11.1. The molecule has 0 amide bonds. The Morgan fingerprint density at radius 3 is 2.71 bits per heavy atom. The van der Waals surface area contributed by atoms with Gasteiger partial charge in [-0.05, 0) is 37.0 Å². The maximum atomic E-state index is 12.2. The molecule has 2 aliphatic carbocycles. The lowest BCUT2D eigenvalue weighted by Crippen LogP contribution is -2.33. The highest BCUT2D eigenvalue weighted by molar-refractivity contribution is 5.80. The SMILES string of the molecule is CC1COC(=O)[C@]12CC1=CCC[C@H](C)[C@@]1(C)C2. The smallest absolute Gasteiger partial charge is 0.312 e. The summed E-state index contributed by atoms with van der Waals surface area (Å²) in [6, 6.07) is 0. The van der Waals surface area contributed by atoms with Crippen molar-refractivity contribution in [2.75, 3.05) is 6.61 Å². The fraction of sp³-hybridized carbons (Fsp3) is 0.800. The van der Waals surface area contributed by atoms with Crippen LogP contribution in [0.15, 0.2) is 11.6 Å². The second-order valence-electron chi connectivity index (χ2n) is 6.63. The number of carbonyl (C=O) groups excluding carboxylic acids is 1. The summed E-state index contributed by atoms with van der Waals surface area (Å²) in [5.74, 6) is 1.14. The molecule has 2 heteroatoms. The molecule has 17 heavy (non-hydrogen) atoms. The Hall–Kier alpha value is -0.790. The van der Waals surface area contributed by atoms with E-state index in [9.17, 15) is 4.79 Å². The topological polar surface area (TPSA) is 26.3 Å². The molecule has 1 saturated carbocycles. The van der Waals surface area contributed by atoms with E-state index in [4.69, 9.17) is 4.74 Å². The van der Waals surface area contributed by atoms with E-state index in [2.05, 4.69) is 26.8 Å². The minimum absolute atomic E-state index is 0.0636. The van der Waals surface area contributed by atoms with Crippen molar-refractivity contribution in [3.8, 4) is 0 Å². The Bertz CT molecular complexity index is 398. The molecule has 1 spiro atoms. The molecule has 4 atom stereocenters. The summed E-state index contributed by atoms with van der Waals surface area (Å²) < 4.78 is 5.32. The molecule has 1 aliphatic heterocycles. The molecule has 0 bridgehead atoms. The Kier molecular flexibility index (Phi) is 2.24. The van der Waals surface area contributed by atoms with Crippen molar-refractivity contribution >= 4 is 5.97 Å². The maximum absolute atomic E-state index is 12.2. The van der Waals surface area contributed by atoms with Crippen LogP contribution < -0.4 is 0 Å². The largest absolute Gasteiger partial charge is 0.465 e. The van der Waals surface area contributed by atoms with Crippen molar-refractivity contribution in [2.45, 2.75) is 46.5 Å². The summed E-state index contributed by atoms with van der Waals surface area (Å²) in [6.45, 7) is 7.50. The van der Waals surface area contributed by atoms with Crippen LogP contribution in [0, 0.1) is 22.7 Å². The molecule has 1 saturated heterocycles. The maximum Gasteiger partial charge on any atom is 0.312 e. The van der Waals surface area contributed by atoms with Gasteiger partial charge in [0, 0.05) is 5.92 Å². The second-order valence-corrected chi connectivity index (χ2v) is 6.63. The summed E-state index contributed by atoms with van der Waals surface area (Å²) in [6.07, 6.45) is 6.80. The van der Waals surface area contributed by atoms with Gasteiger partial charge in [-0.2, -0.15) is 0 Å². The second kappa shape index (κ2) is 3.37. The van der Waals surface area contributed by atoms with Gasteiger partial charge in [0.2, 0.25) is 0 Å². The number of ether oxygens (including phenoxy) is 1. The fourth-order valence-electron chi connectivity index (χ4n) is 4.19. The van der Waals surface area contributed by atoms with E-state index in [0.29, 0.717) is 18.4 Å². The molecule has 94 valence electrons. The van der Waals surface area contributed by atoms with Crippen molar-refractivity contribution in [3.05, 3.63) is 11.6 Å². The van der Waals surface area contributed by atoms with Crippen LogP contribution in [0.25, 0.3) is 0 Å². The van der Waals surface area contributed by atoms with Gasteiger partial charge in [-0.3, -0.25) is 4.79 Å². The summed E-state index contributed by atoms with van der Waals surface area (Å²) in [5, 5.41) is 0. The average Bonchev–Trinajstić information content (AvgIpc) is 2.74. The number of rotatable bonds is 0. The standard InChI is InChI=1S/C15H22O2/c1-10-5-4-6-12-7-15(9-14(10,12)3)11(2)8-17-13(15)16/h6,10-11H,4-5,7-9H2,1-3H3/t10-,11?,14+,15-/m0/s1. The van der Waals surface area contributed by atoms with Gasteiger partial charge < -0.3 is 4.74 Å². The van der Waals surface area contributed by atoms with E-state index < -0.39 is 0 Å². The van der Waals surface area contributed by atoms with Crippen LogP contribution in [0.2, 0.25) is 0 Å². The van der Waals surface area contributed by atoms with Crippen LogP contribution in [0.3, 0.4) is 0 Å². The zero-order chi connectivity index (χ0) is 12.3. The molecule has 0 aromatic heterocycles. The van der Waals surface area contributed by atoms with E-state index in [0.717, 1.165) is 12.8 Å². The van der Waals surface area contributed by atoms with Gasteiger partial charge in [-0.15, -0.1) is 0 Å². The van der Waals surface area contributed by atoms with Gasteiger partial charge in [-0.1, -0.05) is 32.4 Å². The molecule has 1 heterocycles. The van der Waals surface area contributed by atoms with Crippen molar-refractivity contribution in [2.24, 2.45) is 22.7 Å². The number of fused-ring (bicyclic) bond motifs is 1. The highest BCUT2D eigenvalue weighted by atomic mass is 16.5. The van der Waals surface area contributed by atoms with Crippen LogP contribution >= 0.6 is 0 Å². The van der Waals surface area contributed by atoms with Crippen LogP contribution in [0.5, 0.6) is 0 Å². The van der Waals surface area contributed by atoms with E-state index in [1.54, 1.807) is 0 Å². The first-order chi connectivity index (χ1) is 7.99. The molecule has 2 fully saturated rings. The molecule has 3 aliphatic rings. The lowest BCUT2D eigenvalue weighted by molar-refractivity contribution is -0.146. The summed E-state index contributed by atoms with van der Waals surface area (Å²) in [5.41, 5.74) is 1.58. The molecule has 0 aromatic carbocycles. The molecule has 1 unspecified atom stereocenters. The third kappa shape index (κ3) is 1.30. The van der Waals surface area contributed by atoms with Crippen LogP contribution in [0.4, 0.5) is 0 Å². The number of hydrogen-bond acceptors (Lipinski definition) is 2. The quantitative estimate of drug-likeness (QED) is 0.475. The Labute approximate surface area is 103 Å². The average molecular weight is 234 g/mol. The summed E-state index contributed by atoms with van der Waals surface area (Å²) >= 11 is 0. The lowest BCUT2D eigenvalue weighted by Gasteiger charge is -2.37. The molecular weight excluding hydrogens is 212 g/mol. The predicted octanol–water partition coefficient (Wildman–Crippen LogP) is 3.32. The van der Waals surface area contributed by atoms with E-state index >= 15 is 0 Å². The molecule has 0 radical (unpaired) electrons. The van der Waals surface area contributed by atoms with Crippen LogP contribution in [-0.2, 0) is 9.53 Å². The van der Waals surface area contributed by atoms with Gasteiger partial charge in [0.25, 0.3) is 0 Å². The first kappa shape index (κ1) is 11.3. The third-order valence-corrected chi connectivity index (χ3v) is 5.81. The molecule has 3 rings (SSSR count). The highest BCUT2D eigenvalue weighted by Gasteiger charge is 2.61. The lowest BCUT2D eigenvalue weighted by atomic mass is 9.66. The number of cyclic esters (lactones) is 1. The fourth-order valence-corrected chi connectivity index (χ4v) is 4.19. The Balaban J connectivity index is 2.02. The van der Waals surface area contributed by atoms with Gasteiger partial charge >= 0.3 is 5.97 Å². The number of allylic oxidation sites excluding steroid dienone is 2. The third-order valence-electron chi connectivity index (χ3n) is 5.81. The first-order valence-corrected chi connectivity index (χ1v) is 6.86. The first-order valence-electron chi connectivity index (χ1n) is 6.86. The number of carbonyl (C=O) groups is 1. The number of esters is 1. The molecule has 2 nitrogen and oxygen atoms in total. The van der Waals surface area contributed by atoms with Crippen molar-refractivity contribution < 1.29 is 9.53 Å². The van der Waals surface area contributed by atoms with Gasteiger partial charge in [0.05, 0.1) is 12.0 Å². The summed E-state index contributed by atoms with van der Waals surface area (Å²) in [4.78, 5) is 12.2. The van der Waals surface area contributed by atoms with E-state index in [-0.39, 0.29) is 16.8 Å². The minimum Gasteiger partial charge on any atom is -0.465 e. The normalized spacial score (nSPS) is 49.1. The predicted molar refractivity (Wildman–Crippen MR) is 66.4 cm³/mol. The number of hydrogen-bond donors (Lipinski definition) is 0. The monoisotopic (exact) mass is 234 g/mol. The minimum atomic E-state index is -0.195. The Morgan fingerprint density at radius 2 is 2.12 bits per heavy atom. The van der Waals surface area contributed by atoms with Crippen molar-refractivity contribution in [1.82, 2.24) is 0 Å². The van der Waals surface area contributed by atoms with Gasteiger partial charge in [0.15, 0.2) is 0 Å². The van der Waals surface area contributed by atoms with Crippen molar-refractivity contribution in [3.63, 3.8) is 0 Å².